The molecule has 0 aliphatic heterocycles. The van der Waals surface area contributed by atoms with E-state index < -0.39 is 5.97 Å². The van der Waals surface area contributed by atoms with Crippen molar-refractivity contribution in [3.8, 4) is 11.5 Å². The molecule has 0 aliphatic carbocycles. The Kier molecular flexibility index (Phi) is 6.25. The predicted molar refractivity (Wildman–Crippen MR) is 95.8 cm³/mol. The molecule has 0 amide bonds. The topological polar surface area (TPSA) is 83.0 Å². The second-order valence-electron chi connectivity index (χ2n) is 5.44. The van der Waals surface area contributed by atoms with Gasteiger partial charge in [0, 0.05) is 0 Å². The number of nitrogens with one attached hydrogen (secondary N) is 1. The Bertz CT molecular complexity index is 773. The highest BCUT2D eigenvalue weighted by Crippen LogP contribution is 2.36. The van der Waals surface area contributed by atoms with Gasteiger partial charge in [0.2, 0.25) is 0 Å². The molecule has 0 fully saturated rings. The highest BCUT2D eigenvalue weighted by molar-refractivity contribution is 6.32. The van der Waals surface area contributed by atoms with Crippen molar-refractivity contribution in [3.63, 3.8) is 0 Å². The molecule has 0 saturated carbocycles. The summed E-state index contributed by atoms with van der Waals surface area (Å²) in [7, 11) is 1.54. The van der Waals surface area contributed by atoms with E-state index in [1.165, 1.54) is 19.2 Å². The molecule has 0 atom stereocenters. The number of carboxylic acids is 1. The highest BCUT2D eigenvalue weighted by Gasteiger charge is 2.12. The molecule has 2 aromatic carbocycles. The summed E-state index contributed by atoms with van der Waals surface area (Å²) in [5.41, 5.74) is 4.26. The van der Waals surface area contributed by atoms with E-state index in [1.54, 1.807) is 30.5 Å². The first-order valence-electron chi connectivity index (χ1n) is 7.55. The molecule has 0 unspecified atom stereocenters. The number of benzene rings is 2. The zero-order valence-electron chi connectivity index (χ0n) is 14.1. The number of carbonyl (C=O) groups is 1. The minimum Gasteiger partial charge on any atom is -0.545 e. The van der Waals surface area contributed by atoms with Crippen LogP contribution in [0.25, 0.3) is 0 Å². The fourth-order valence-electron chi connectivity index (χ4n) is 2.03. The lowest BCUT2D eigenvalue weighted by atomic mass is 10.2. The van der Waals surface area contributed by atoms with Crippen LogP contribution in [-0.2, 0) is 0 Å². The highest BCUT2D eigenvalue weighted by atomic mass is 35.5. The van der Waals surface area contributed by atoms with Gasteiger partial charge in [-0.3, -0.25) is 5.43 Å². The number of carboxylic acid groups (broad SMARTS) is 1. The Labute approximate surface area is 151 Å². The largest absolute Gasteiger partial charge is 0.545 e. The number of carbonyl (C=O) groups excluding carboxylic acids is 1. The molecule has 6 nitrogen and oxygen atoms in total. The van der Waals surface area contributed by atoms with Gasteiger partial charge in [0.15, 0.2) is 11.5 Å². The fraction of sp³-hybridized carbons (Fsp3) is 0.222. The Morgan fingerprint density at radius 3 is 2.52 bits per heavy atom. The summed E-state index contributed by atoms with van der Waals surface area (Å²) in [6.45, 7) is 3.81. The molecule has 0 bridgehead atoms. The van der Waals surface area contributed by atoms with Crippen molar-refractivity contribution in [2.75, 3.05) is 12.5 Å². The van der Waals surface area contributed by atoms with E-state index in [4.69, 9.17) is 21.1 Å². The van der Waals surface area contributed by atoms with Gasteiger partial charge in [-0.2, -0.15) is 5.10 Å². The van der Waals surface area contributed by atoms with Crippen LogP contribution in [0.5, 0.6) is 11.5 Å². The molecule has 25 heavy (non-hydrogen) atoms. The van der Waals surface area contributed by atoms with Crippen LogP contribution in [0.4, 0.5) is 5.69 Å². The van der Waals surface area contributed by atoms with Gasteiger partial charge < -0.3 is 19.4 Å². The number of aromatic carboxylic acids is 1. The van der Waals surface area contributed by atoms with Crippen molar-refractivity contribution < 1.29 is 19.4 Å². The van der Waals surface area contributed by atoms with Gasteiger partial charge in [0.25, 0.3) is 0 Å². The van der Waals surface area contributed by atoms with Crippen molar-refractivity contribution in [3.05, 3.63) is 52.5 Å². The Hall–Kier alpha value is -2.73. The van der Waals surface area contributed by atoms with Crippen molar-refractivity contribution in [2.45, 2.75) is 20.0 Å². The number of halogens is 1. The molecule has 132 valence electrons. The minimum absolute atomic E-state index is 0.0310. The molecule has 7 heteroatoms. The van der Waals surface area contributed by atoms with Crippen LogP contribution in [0, 0.1) is 0 Å². The number of nitrogens with zero attached hydrogens (tertiary/aromatic N) is 1. The third-order valence-electron chi connectivity index (χ3n) is 3.13. The molecule has 0 heterocycles. The fourth-order valence-corrected chi connectivity index (χ4v) is 2.29. The van der Waals surface area contributed by atoms with Gasteiger partial charge in [0.1, 0.15) is 0 Å². The lowest BCUT2D eigenvalue weighted by Gasteiger charge is -2.15. The van der Waals surface area contributed by atoms with Crippen molar-refractivity contribution in [1.29, 1.82) is 0 Å². The number of hydrazone groups is 1. The van der Waals surface area contributed by atoms with Crippen molar-refractivity contribution in [1.82, 2.24) is 0 Å². The van der Waals surface area contributed by atoms with Crippen molar-refractivity contribution >= 4 is 29.5 Å². The Morgan fingerprint density at radius 1 is 1.28 bits per heavy atom. The molecule has 1 N–H and O–H groups in total. The summed E-state index contributed by atoms with van der Waals surface area (Å²) >= 11 is 6.25. The number of ether oxygens (including phenoxy) is 2. The lowest BCUT2D eigenvalue weighted by Crippen LogP contribution is -2.21. The number of methoxy groups -OCH3 is 1. The van der Waals surface area contributed by atoms with Crippen LogP contribution < -0.4 is 20.0 Å². The zero-order chi connectivity index (χ0) is 18.4. The van der Waals surface area contributed by atoms with E-state index in [0.29, 0.717) is 22.2 Å². The maximum atomic E-state index is 10.7. The van der Waals surface area contributed by atoms with Gasteiger partial charge >= 0.3 is 0 Å². The number of hydrogen-bond acceptors (Lipinski definition) is 6. The van der Waals surface area contributed by atoms with Gasteiger partial charge in [-0.1, -0.05) is 23.7 Å². The summed E-state index contributed by atoms with van der Waals surface area (Å²) in [4.78, 5) is 10.7. The van der Waals surface area contributed by atoms with E-state index in [-0.39, 0.29) is 11.7 Å². The lowest BCUT2D eigenvalue weighted by molar-refractivity contribution is -0.255. The monoisotopic (exact) mass is 361 g/mol. The van der Waals surface area contributed by atoms with Crippen LogP contribution in [0.1, 0.15) is 29.8 Å². The maximum Gasteiger partial charge on any atom is 0.180 e. The van der Waals surface area contributed by atoms with Crippen LogP contribution in [0.3, 0.4) is 0 Å². The molecule has 0 aromatic heterocycles. The summed E-state index contributed by atoms with van der Waals surface area (Å²) in [6.07, 6.45) is 1.54. The molecule has 0 radical (unpaired) electrons. The summed E-state index contributed by atoms with van der Waals surface area (Å²) in [6, 6.07) is 9.53. The van der Waals surface area contributed by atoms with Gasteiger partial charge in [-0.05, 0) is 49.2 Å². The first-order valence-corrected chi connectivity index (χ1v) is 7.93. The molecular formula is C18H18ClN2O4-. The third kappa shape index (κ3) is 5.12. The van der Waals surface area contributed by atoms with Crippen LogP contribution >= 0.6 is 11.6 Å². The average molecular weight is 362 g/mol. The first kappa shape index (κ1) is 18.6. The molecule has 0 saturated heterocycles. The smallest absolute Gasteiger partial charge is 0.180 e. The minimum atomic E-state index is -1.22. The molecule has 2 rings (SSSR count). The molecule has 0 spiro atoms. The van der Waals surface area contributed by atoms with Crippen LogP contribution in [0.2, 0.25) is 5.02 Å². The van der Waals surface area contributed by atoms with E-state index >= 15 is 0 Å². The Balaban J connectivity index is 2.12. The first-order chi connectivity index (χ1) is 11.9. The second-order valence-corrected chi connectivity index (χ2v) is 5.84. The number of rotatable bonds is 7. The molecule has 0 aliphatic rings. The standard InChI is InChI=1S/C18H19ClN2O4/c1-11(2)25-17-15(19)8-12(9-16(17)24-3)10-20-21-14-6-4-13(5-7-14)18(22)23/h4-11,21H,1-3H3,(H,22,23)/p-1/b20-10-. The normalized spacial score (nSPS) is 10.9. The zero-order valence-corrected chi connectivity index (χ0v) is 14.8. The second kappa shape index (κ2) is 8.39. The van der Waals surface area contributed by atoms with Crippen LogP contribution in [0.15, 0.2) is 41.5 Å². The van der Waals surface area contributed by atoms with Crippen molar-refractivity contribution in [2.24, 2.45) is 5.10 Å². The quantitative estimate of drug-likeness (QED) is 0.605. The van der Waals surface area contributed by atoms with E-state index in [2.05, 4.69) is 10.5 Å². The third-order valence-corrected chi connectivity index (χ3v) is 3.41. The Morgan fingerprint density at radius 2 is 1.96 bits per heavy atom. The number of hydrogen-bond donors (Lipinski definition) is 1. The van der Waals surface area contributed by atoms with E-state index in [9.17, 15) is 9.90 Å². The predicted octanol–water partition coefficient (Wildman–Crippen LogP) is 2.95. The van der Waals surface area contributed by atoms with Gasteiger partial charge in [-0.25, -0.2) is 0 Å². The van der Waals surface area contributed by atoms with Gasteiger partial charge in [-0.15, -0.1) is 0 Å². The number of anilines is 1. The SMILES string of the molecule is COc1cc(/C=N\Nc2ccc(C(=O)[O-])cc2)cc(Cl)c1OC(C)C. The summed E-state index contributed by atoms with van der Waals surface area (Å²) < 4.78 is 11.0. The van der Waals surface area contributed by atoms with Crippen LogP contribution in [-0.4, -0.2) is 25.4 Å². The van der Waals surface area contributed by atoms with Gasteiger partial charge in [0.05, 0.1) is 36.1 Å². The average Bonchev–Trinajstić information content (AvgIpc) is 2.57. The van der Waals surface area contributed by atoms with E-state index in [1.807, 2.05) is 13.8 Å². The molecule has 2 aromatic rings. The summed E-state index contributed by atoms with van der Waals surface area (Å²) in [5.74, 6) is -0.219. The molecular weight excluding hydrogens is 344 g/mol. The van der Waals surface area contributed by atoms with E-state index in [0.717, 1.165) is 5.56 Å². The maximum absolute atomic E-state index is 10.7. The summed E-state index contributed by atoms with van der Waals surface area (Å²) in [5, 5.41) is 15.2.